The van der Waals surface area contributed by atoms with Crippen LogP contribution in [0.4, 0.5) is 0 Å². The summed E-state index contributed by atoms with van der Waals surface area (Å²) in [5.41, 5.74) is 0. The Bertz CT molecular complexity index is 659. The van der Waals surface area contributed by atoms with Gasteiger partial charge in [0.05, 0.1) is 12.8 Å². The van der Waals surface area contributed by atoms with Crippen molar-refractivity contribution in [3.63, 3.8) is 0 Å². The van der Waals surface area contributed by atoms with Crippen molar-refractivity contribution in [2.75, 3.05) is 6.26 Å². The fourth-order valence-corrected chi connectivity index (χ4v) is 1.73. The van der Waals surface area contributed by atoms with Crippen LogP contribution in [-0.2, 0) is 16.7 Å². The van der Waals surface area contributed by atoms with Gasteiger partial charge in [0, 0.05) is 12.3 Å². The molecule has 0 fully saturated rings. The third-order valence-electron chi connectivity index (χ3n) is 1.99. The van der Waals surface area contributed by atoms with Crippen LogP contribution in [0.25, 0.3) is 0 Å². The van der Waals surface area contributed by atoms with Crippen LogP contribution in [0.1, 0.15) is 6.92 Å². The average molecular weight is 300 g/mol. The largest absolute Gasteiger partial charge is 0.458 e. The van der Waals surface area contributed by atoms with Crippen LogP contribution in [0.2, 0.25) is 0 Å². The molecule has 0 aliphatic carbocycles. The number of tetrazole rings is 1. The Kier molecular flexibility index (Phi) is 4.08. The van der Waals surface area contributed by atoms with Crippen molar-refractivity contribution in [2.24, 2.45) is 0 Å². The first-order chi connectivity index (χ1) is 9.42. The van der Waals surface area contributed by atoms with Gasteiger partial charge in [-0.15, -0.1) is 5.10 Å². The van der Waals surface area contributed by atoms with E-state index in [1.165, 1.54) is 23.3 Å². The standard InChI is InChI=1S/C9H12N6O4S/c1-7(5-15-6-11-13-14-15)18-9-10-4-3-8(12-9)19-20(2,16)17/h3-4,6-7H,5H2,1-2H3. The highest BCUT2D eigenvalue weighted by molar-refractivity contribution is 7.86. The Morgan fingerprint density at radius 1 is 1.45 bits per heavy atom. The van der Waals surface area contributed by atoms with Crippen molar-refractivity contribution >= 4 is 10.1 Å². The summed E-state index contributed by atoms with van der Waals surface area (Å²) >= 11 is 0. The van der Waals surface area contributed by atoms with Crippen LogP contribution in [0.15, 0.2) is 18.6 Å². The minimum absolute atomic E-state index is 0.00623. The molecule has 0 aliphatic rings. The number of hydrogen-bond acceptors (Lipinski definition) is 9. The minimum atomic E-state index is -3.64. The summed E-state index contributed by atoms with van der Waals surface area (Å²) in [7, 11) is -3.64. The first-order valence-electron chi connectivity index (χ1n) is 5.52. The normalized spacial score (nSPS) is 12.9. The SMILES string of the molecule is CC(Cn1cnnn1)Oc1nccc(OS(C)(=O)=O)n1. The molecular weight excluding hydrogens is 288 g/mol. The molecule has 0 aromatic carbocycles. The molecule has 0 N–H and O–H groups in total. The summed E-state index contributed by atoms with van der Waals surface area (Å²) in [6.45, 7) is 2.17. The van der Waals surface area contributed by atoms with Gasteiger partial charge < -0.3 is 8.92 Å². The van der Waals surface area contributed by atoms with Gasteiger partial charge in [0.25, 0.3) is 0 Å². The predicted molar refractivity (Wildman–Crippen MR) is 65.4 cm³/mol. The van der Waals surface area contributed by atoms with E-state index in [4.69, 9.17) is 4.74 Å². The van der Waals surface area contributed by atoms with E-state index >= 15 is 0 Å². The second kappa shape index (κ2) is 5.77. The molecular formula is C9H12N6O4S. The Morgan fingerprint density at radius 2 is 2.25 bits per heavy atom. The van der Waals surface area contributed by atoms with Crippen LogP contribution in [0.3, 0.4) is 0 Å². The number of aromatic nitrogens is 6. The summed E-state index contributed by atoms with van der Waals surface area (Å²) in [4.78, 5) is 7.70. The summed E-state index contributed by atoms with van der Waals surface area (Å²) < 4.78 is 33.5. The van der Waals surface area contributed by atoms with Gasteiger partial charge in [-0.05, 0) is 17.4 Å². The van der Waals surface area contributed by atoms with Gasteiger partial charge in [-0.1, -0.05) is 0 Å². The maximum Gasteiger partial charge on any atom is 0.320 e. The van der Waals surface area contributed by atoms with Crippen molar-refractivity contribution < 1.29 is 17.3 Å². The van der Waals surface area contributed by atoms with E-state index in [0.29, 0.717) is 6.54 Å². The number of nitrogens with zero attached hydrogens (tertiary/aromatic N) is 6. The Balaban J connectivity index is 2.00. The van der Waals surface area contributed by atoms with E-state index in [2.05, 4.69) is 29.7 Å². The molecule has 0 saturated heterocycles. The number of rotatable bonds is 6. The van der Waals surface area contributed by atoms with Gasteiger partial charge in [-0.3, -0.25) is 0 Å². The molecule has 0 spiro atoms. The smallest absolute Gasteiger partial charge is 0.320 e. The van der Waals surface area contributed by atoms with E-state index in [0.717, 1.165) is 6.26 Å². The van der Waals surface area contributed by atoms with Crippen molar-refractivity contribution in [1.82, 2.24) is 30.2 Å². The monoisotopic (exact) mass is 300 g/mol. The average Bonchev–Trinajstić information content (AvgIpc) is 2.79. The van der Waals surface area contributed by atoms with Crippen LogP contribution >= 0.6 is 0 Å². The van der Waals surface area contributed by atoms with Gasteiger partial charge in [0.2, 0.25) is 5.88 Å². The van der Waals surface area contributed by atoms with E-state index in [1.807, 2.05) is 0 Å². The predicted octanol–water partition coefficient (Wildman–Crippen LogP) is -0.731. The van der Waals surface area contributed by atoms with Gasteiger partial charge in [-0.2, -0.15) is 13.4 Å². The lowest BCUT2D eigenvalue weighted by molar-refractivity contribution is 0.176. The van der Waals surface area contributed by atoms with Crippen molar-refractivity contribution in [3.05, 3.63) is 18.6 Å². The van der Waals surface area contributed by atoms with Crippen LogP contribution in [0.5, 0.6) is 11.9 Å². The van der Waals surface area contributed by atoms with Crippen molar-refractivity contribution in [2.45, 2.75) is 19.6 Å². The summed E-state index contributed by atoms with van der Waals surface area (Å²) in [6.07, 6.45) is 3.40. The van der Waals surface area contributed by atoms with Gasteiger partial charge in [-0.25, -0.2) is 9.67 Å². The molecule has 10 nitrogen and oxygen atoms in total. The Labute approximate surface area is 114 Å². The molecule has 2 heterocycles. The third kappa shape index (κ3) is 4.42. The van der Waals surface area contributed by atoms with Gasteiger partial charge in [0.15, 0.2) is 0 Å². The van der Waals surface area contributed by atoms with Crippen LogP contribution in [-0.4, -0.2) is 51.0 Å². The molecule has 0 radical (unpaired) electrons. The molecule has 20 heavy (non-hydrogen) atoms. The maximum atomic E-state index is 11.0. The van der Waals surface area contributed by atoms with E-state index in [1.54, 1.807) is 6.92 Å². The first kappa shape index (κ1) is 14.1. The number of hydrogen-bond donors (Lipinski definition) is 0. The molecule has 108 valence electrons. The summed E-state index contributed by atoms with van der Waals surface area (Å²) in [5, 5.41) is 10.7. The molecule has 0 aliphatic heterocycles. The lowest BCUT2D eigenvalue weighted by atomic mass is 10.4. The Morgan fingerprint density at radius 3 is 2.90 bits per heavy atom. The maximum absolute atomic E-state index is 11.0. The second-order valence-corrected chi connectivity index (χ2v) is 5.50. The lowest BCUT2D eigenvalue weighted by Gasteiger charge is -2.12. The summed E-state index contributed by atoms with van der Waals surface area (Å²) in [5.74, 6) is -0.105. The molecule has 1 atom stereocenters. The second-order valence-electron chi connectivity index (χ2n) is 3.93. The van der Waals surface area contributed by atoms with E-state index in [9.17, 15) is 8.42 Å². The number of ether oxygens (including phenoxy) is 1. The topological polar surface area (TPSA) is 122 Å². The molecule has 2 rings (SSSR count). The van der Waals surface area contributed by atoms with Crippen molar-refractivity contribution in [3.8, 4) is 11.9 Å². The fourth-order valence-electron chi connectivity index (χ4n) is 1.33. The molecule has 0 bridgehead atoms. The van der Waals surface area contributed by atoms with Crippen LogP contribution in [0, 0.1) is 0 Å². The molecule has 0 amide bonds. The quantitative estimate of drug-likeness (QED) is 0.635. The zero-order valence-corrected chi connectivity index (χ0v) is 11.6. The van der Waals surface area contributed by atoms with Gasteiger partial charge >= 0.3 is 16.1 Å². The lowest BCUT2D eigenvalue weighted by Crippen LogP contribution is -2.21. The molecule has 2 aromatic heterocycles. The molecule has 2 aromatic rings. The summed E-state index contributed by atoms with van der Waals surface area (Å²) in [6, 6.07) is 1.33. The van der Waals surface area contributed by atoms with E-state index < -0.39 is 10.1 Å². The van der Waals surface area contributed by atoms with Gasteiger partial charge in [0.1, 0.15) is 12.4 Å². The fraction of sp³-hybridized carbons (Fsp3) is 0.444. The molecule has 11 heteroatoms. The molecule has 0 saturated carbocycles. The highest BCUT2D eigenvalue weighted by Crippen LogP contribution is 2.13. The molecule has 1 unspecified atom stereocenters. The highest BCUT2D eigenvalue weighted by atomic mass is 32.2. The zero-order valence-electron chi connectivity index (χ0n) is 10.7. The third-order valence-corrected chi connectivity index (χ3v) is 2.46. The first-order valence-corrected chi connectivity index (χ1v) is 7.34. The van der Waals surface area contributed by atoms with E-state index in [-0.39, 0.29) is 18.0 Å². The Hall–Kier alpha value is -2.30. The minimum Gasteiger partial charge on any atom is -0.458 e. The zero-order chi connectivity index (χ0) is 14.6. The highest BCUT2D eigenvalue weighted by Gasteiger charge is 2.11. The van der Waals surface area contributed by atoms with Crippen LogP contribution < -0.4 is 8.92 Å². The van der Waals surface area contributed by atoms with Crippen molar-refractivity contribution in [1.29, 1.82) is 0 Å².